The topological polar surface area (TPSA) is 49.5 Å². The molecule has 0 amide bonds. The Morgan fingerprint density at radius 1 is 1.42 bits per heavy atom. The van der Waals surface area contributed by atoms with Crippen LogP contribution in [-0.2, 0) is 0 Å². The van der Waals surface area contributed by atoms with Crippen LogP contribution in [0.1, 0.15) is 27.2 Å². The van der Waals surface area contributed by atoms with Crippen LogP contribution in [0.3, 0.4) is 0 Å². The van der Waals surface area contributed by atoms with Crippen molar-refractivity contribution in [1.29, 1.82) is 0 Å². The number of likely N-dealkylation sites (tertiary alicyclic amines) is 1. The van der Waals surface area contributed by atoms with Gasteiger partial charge in [-0.05, 0) is 27.2 Å². The highest BCUT2D eigenvalue weighted by Gasteiger charge is 2.30. The third kappa shape index (κ3) is 2.19. The number of rotatable bonds is 0. The molecule has 3 N–H and O–H groups in total. The van der Waals surface area contributed by atoms with E-state index < -0.39 is 0 Å². The van der Waals surface area contributed by atoms with E-state index in [2.05, 4.69) is 25.7 Å². The van der Waals surface area contributed by atoms with Crippen molar-refractivity contribution < 1.29 is 5.11 Å². The number of β-amino-alcohol motifs (C(OH)–C–C–N with tert-alkyl or cyclic N) is 1. The van der Waals surface area contributed by atoms with Crippen molar-refractivity contribution in [2.45, 2.75) is 44.9 Å². The van der Waals surface area contributed by atoms with E-state index in [0.29, 0.717) is 6.54 Å². The maximum atomic E-state index is 9.54. The second-order valence-electron chi connectivity index (χ2n) is 4.64. The first kappa shape index (κ1) is 9.96. The predicted octanol–water partition coefficient (Wildman–Crippen LogP) is 0.179. The number of piperidine rings is 1. The van der Waals surface area contributed by atoms with Crippen molar-refractivity contribution in [3.8, 4) is 0 Å². The average molecular weight is 172 g/mol. The van der Waals surface area contributed by atoms with Crippen LogP contribution in [0.4, 0.5) is 0 Å². The summed E-state index contributed by atoms with van der Waals surface area (Å²) < 4.78 is 0. The summed E-state index contributed by atoms with van der Waals surface area (Å²) in [6.45, 7) is 8.20. The normalized spacial score (nSPS) is 33.8. The molecule has 1 aliphatic heterocycles. The number of aliphatic hydroxyl groups is 1. The zero-order valence-electron chi connectivity index (χ0n) is 8.25. The minimum absolute atomic E-state index is 0.0244. The Kier molecular flexibility index (Phi) is 2.76. The quantitative estimate of drug-likeness (QED) is 0.548. The molecule has 72 valence electrons. The Morgan fingerprint density at radius 2 is 2.00 bits per heavy atom. The molecule has 0 radical (unpaired) electrons. The third-order valence-corrected chi connectivity index (χ3v) is 2.58. The molecule has 3 nitrogen and oxygen atoms in total. The zero-order chi connectivity index (χ0) is 9.35. The fourth-order valence-corrected chi connectivity index (χ4v) is 1.56. The van der Waals surface area contributed by atoms with Gasteiger partial charge in [0.15, 0.2) is 0 Å². The Balaban J connectivity index is 2.51. The molecule has 0 aliphatic carbocycles. The highest BCUT2D eigenvalue weighted by Crippen LogP contribution is 2.19. The van der Waals surface area contributed by atoms with Crippen LogP contribution in [0.25, 0.3) is 0 Å². The molecule has 0 aromatic heterocycles. The lowest BCUT2D eigenvalue weighted by Gasteiger charge is -2.42. The lowest BCUT2D eigenvalue weighted by Crippen LogP contribution is -2.56. The monoisotopic (exact) mass is 172 g/mol. The minimum Gasteiger partial charge on any atom is -0.390 e. The Morgan fingerprint density at radius 3 is 2.42 bits per heavy atom. The minimum atomic E-state index is -0.349. The molecule has 0 spiro atoms. The van der Waals surface area contributed by atoms with Gasteiger partial charge < -0.3 is 10.8 Å². The summed E-state index contributed by atoms with van der Waals surface area (Å²) >= 11 is 0. The smallest absolute Gasteiger partial charge is 0.0818 e. The summed E-state index contributed by atoms with van der Waals surface area (Å²) in [5.74, 6) is 0. The van der Waals surface area contributed by atoms with Crippen LogP contribution in [0, 0.1) is 0 Å². The molecule has 3 heteroatoms. The molecule has 1 aliphatic rings. The standard InChI is InChI=1S/C9H20N2O/c1-9(2,3)11-5-4-7(10)8(12)6-11/h7-8,12H,4-6,10H2,1-3H3/t7-,8-/m1/s1. The van der Waals surface area contributed by atoms with Crippen molar-refractivity contribution in [1.82, 2.24) is 4.90 Å². The van der Waals surface area contributed by atoms with Gasteiger partial charge in [-0.25, -0.2) is 0 Å². The van der Waals surface area contributed by atoms with Crippen LogP contribution in [0.5, 0.6) is 0 Å². The van der Waals surface area contributed by atoms with Crippen molar-refractivity contribution in [3.05, 3.63) is 0 Å². The summed E-state index contributed by atoms with van der Waals surface area (Å²) in [6, 6.07) is -0.0244. The summed E-state index contributed by atoms with van der Waals surface area (Å²) in [5, 5.41) is 9.54. The van der Waals surface area contributed by atoms with E-state index in [1.165, 1.54) is 0 Å². The molecule has 0 bridgehead atoms. The lowest BCUT2D eigenvalue weighted by molar-refractivity contribution is 0.00994. The Hall–Kier alpha value is -0.120. The van der Waals surface area contributed by atoms with Gasteiger partial charge >= 0.3 is 0 Å². The molecule has 1 heterocycles. The van der Waals surface area contributed by atoms with E-state index in [4.69, 9.17) is 5.73 Å². The molecule has 2 atom stereocenters. The molecule has 0 aromatic carbocycles. The maximum absolute atomic E-state index is 9.54. The van der Waals surface area contributed by atoms with Gasteiger partial charge in [-0.2, -0.15) is 0 Å². The summed E-state index contributed by atoms with van der Waals surface area (Å²) in [5.41, 5.74) is 5.86. The molecule has 1 rings (SSSR count). The molecule has 12 heavy (non-hydrogen) atoms. The average Bonchev–Trinajstić information content (AvgIpc) is 1.92. The fourth-order valence-electron chi connectivity index (χ4n) is 1.56. The van der Waals surface area contributed by atoms with E-state index in [0.717, 1.165) is 13.0 Å². The Labute approximate surface area is 74.5 Å². The van der Waals surface area contributed by atoms with E-state index in [1.807, 2.05) is 0 Å². The van der Waals surface area contributed by atoms with Crippen molar-refractivity contribution >= 4 is 0 Å². The number of hydrogen-bond acceptors (Lipinski definition) is 3. The molecule has 1 fully saturated rings. The second kappa shape index (κ2) is 3.32. The number of hydrogen-bond donors (Lipinski definition) is 2. The van der Waals surface area contributed by atoms with E-state index in [9.17, 15) is 5.11 Å². The molecule has 0 aromatic rings. The molecule has 0 saturated carbocycles. The van der Waals surface area contributed by atoms with Gasteiger partial charge in [-0.15, -0.1) is 0 Å². The van der Waals surface area contributed by atoms with Crippen molar-refractivity contribution in [3.63, 3.8) is 0 Å². The lowest BCUT2D eigenvalue weighted by atomic mass is 9.97. The Bertz CT molecular complexity index is 153. The van der Waals surface area contributed by atoms with Gasteiger partial charge in [0.2, 0.25) is 0 Å². The maximum Gasteiger partial charge on any atom is 0.0818 e. The predicted molar refractivity (Wildman–Crippen MR) is 49.9 cm³/mol. The fraction of sp³-hybridized carbons (Fsp3) is 1.00. The first-order valence-corrected chi connectivity index (χ1v) is 4.60. The number of nitrogens with two attached hydrogens (primary N) is 1. The SMILES string of the molecule is CC(C)(C)N1CC[C@@H](N)[C@H](O)C1. The molecule has 1 saturated heterocycles. The van der Waals surface area contributed by atoms with E-state index in [1.54, 1.807) is 0 Å². The van der Waals surface area contributed by atoms with Crippen LogP contribution in [0.2, 0.25) is 0 Å². The molecular weight excluding hydrogens is 152 g/mol. The van der Waals surface area contributed by atoms with Crippen LogP contribution < -0.4 is 5.73 Å². The zero-order valence-corrected chi connectivity index (χ0v) is 8.25. The van der Waals surface area contributed by atoms with Crippen LogP contribution in [0.15, 0.2) is 0 Å². The summed E-state index contributed by atoms with van der Waals surface area (Å²) in [4.78, 5) is 2.28. The summed E-state index contributed by atoms with van der Waals surface area (Å²) in [6.07, 6.45) is 0.552. The number of aliphatic hydroxyl groups excluding tert-OH is 1. The van der Waals surface area contributed by atoms with Gasteiger partial charge in [-0.3, -0.25) is 4.90 Å². The second-order valence-corrected chi connectivity index (χ2v) is 4.64. The van der Waals surface area contributed by atoms with Gasteiger partial charge in [0.25, 0.3) is 0 Å². The summed E-state index contributed by atoms with van der Waals surface area (Å²) in [7, 11) is 0. The van der Waals surface area contributed by atoms with E-state index >= 15 is 0 Å². The third-order valence-electron chi connectivity index (χ3n) is 2.58. The first-order chi connectivity index (χ1) is 5.41. The van der Waals surface area contributed by atoms with Gasteiger partial charge in [-0.1, -0.05) is 0 Å². The van der Waals surface area contributed by atoms with Gasteiger partial charge in [0.1, 0.15) is 0 Å². The largest absolute Gasteiger partial charge is 0.390 e. The number of nitrogens with zero attached hydrogens (tertiary/aromatic N) is 1. The van der Waals surface area contributed by atoms with Crippen molar-refractivity contribution in [2.75, 3.05) is 13.1 Å². The van der Waals surface area contributed by atoms with Gasteiger partial charge in [0, 0.05) is 24.7 Å². The van der Waals surface area contributed by atoms with Crippen LogP contribution in [-0.4, -0.2) is 40.8 Å². The van der Waals surface area contributed by atoms with Gasteiger partial charge in [0.05, 0.1) is 6.10 Å². The first-order valence-electron chi connectivity index (χ1n) is 4.60. The highest BCUT2D eigenvalue weighted by molar-refractivity contribution is 4.88. The van der Waals surface area contributed by atoms with E-state index in [-0.39, 0.29) is 17.7 Å². The molecular formula is C9H20N2O. The highest BCUT2D eigenvalue weighted by atomic mass is 16.3. The molecule has 0 unspecified atom stereocenters. The van der Waals surface area contributed by atoms with Crippen LogP contribution >= 0.6 is 0 Å². The van der Waals surface area contributed by atoms with Crippen molar-refractivity contribution in [2.24, 2.45) is 5.73 Å².